The van der Waals surface area contributed by atoms with Crippen LogP contribution in [0.1, 0.15) is 17.5 Å². The Morgan fingerprint density at radius 1 is 1.09 bits per heavy atom. The van der Waals surface area contributed by atoms with Gasteiger partial charge in [0.1, 0.15) is 0 Å². The van der Waals surface area contributed by atoms with Gasteiger partial charge in [0.05, 0.1) is 0 Å². The third kappa shape index (κ3) is 5.97. The Morgan fingerprint density at radius 2 is 1.72 bits per heavy atom. The summed E-state index contributed by atoms with van der Waals surface area (Å²) >= 11 is 0. The van der Waals surface area contributed by atoms with Gasteiger partial charge >= 0.3 is 18.4 Å². The fourth-order valence-electron chi connectivity index (χ4n) is 3.93. The molecule has 1 amide bonds. The fourth-order valence-corrected chi connectivity index (χ4v) is 3.93. The van der Waals surface area contributed by atoms with Gasteiger partial charge in [0.25, 0.3) is 6.10 Å². The summed E-state index contributed by atoms with van der Waals surface area (Å²) in [6.45, 7) is 4.65. The van der Waals surface area contributed by atoms with Crippen LogP contribution < -0.4 is 10.6 Å². The van der Waals surface area contributed by atoms with Crippen LogP contribution in [0.15, 0.2) is 18.2 Å². The number of alkyl halides is 6. The van der Waals surface area contributed by atoms with Gasteiger partial charge in [0, 0.05) is 57.5 Å². The number of halogens is 6. The van der Waals surface area contributed by atoms with Crippen LogP contribution in [0.5, 0.6) is 0 Å². The Bertz CT molecular complexity index is 794. The van der Waals surface area contributed by atoms with Crippen molar-refractivity contribution < 1.29 is 35.9 Å². The van der Waals surface area contributed by atoms with Crippen LogP contribution in [0.25, 0.3) is 0 Å². The predicted molar refractivity (Wildman–Crippen MR) is 105 cm³/mol. The van der Waals surface area contributed by atoms with Crippen LogP contribution >= 0.6 is 0 Å². The van der Waals surface area contributed by atoms with Gasteiger partial charge in [0.15, 0.2) is 0 Å². The molecule has 2 aliphatic rings. The molecule has 3 rings (SSSR count). The molecule has 0 saturated carbocycles. The van der Waals surface area contributed by atoms with Crippen molar-refractivity contribution in [1.29, 1.82) is 0 Å². The number of nitrogens with zero attached hydrogens (tertiary/aromatic N) is 3. The smallest absolute Gasteiger partial charge is 0.426 e. The van der Waals surface area contributed by atoms with Gasteiger partial charge in [-0.3, -0.25) is 4.90 Å². The molecule has 1 aromatic rings. The minimum absolute atomic E-state index is 0.0307. The number of piperazine rings is 1. The quantitative estimate of drug-likeness (QED) is 0.688. The number of ether oxygens (including phenoxy) is 1. The van der Waals surface area contributed by atoms with Crippen molar-refractivity contribution in [3.63, 3.8) is 0 Å². The van der Waals surface area contributed by atoms with Crippen molar-refractivity contribution in [1.82, 2.24) is 9.80 Å². The van der Waals surface area contributed by atoms with E-state index in [9.17, 15) is 31.1 Å². The van der Waals surface area contributed by atoms with E-state index in [0.29, 0.717) is 19.6 Å². The zero-order valence-electron chi connectivity index (χ0n) is 17.5. The molecule has 0 radical (unpaired) electrons. The largest absolute Gasteiger partial charge is 0.434 e. The molecule has 32 heavy (non-hydrogen) atoms. The molecule has 0 aromatic heterocycles. The molecular weight excluding hydrogens is 442 g/mol. The van der Waals surface area contributed by atoms with Crippen molar-refractivity contribution >= 4 is 11.8 Å². The van der Waals surface area contributed by atoms with Crippen molar-refractivity contribution in [2.75, 3.05) is 44.2 Å². The number of anilines is 1. The Balaban J connectivity index is 1.59. The number of carbonyl (C=O) groups is 1. The minimum Gasteiger partial charge on any atom is -0.426 e. The van der Waals surface area contributed by atoms with E-state index in [4.69, 9.17) is 5.73 Å². The lowest BCUT2D eigenvalue weighted by Gasteiger charge is -2.36. The number of hydrogen-bond acceptors (Lipinski definition) is 5. The Labute approximate surface area is 181 Å². The Morgan fingerprint density at radius 3 is 2.25 bits per heavy atom. The van der Waals surface area contributed by atoms with E-state index < -0.39 is 24.5 Å². The summed E-state index contributed by atoms with van der Waals surface area (Å²) in [5.74, 6) is 0. The monoisotopic (exact) mass is 468 g/mol. The second-order valence-corrected chi connectivity index (χ2v) is 8.24. The summed E-state index contributed by atoms with van der Waals surface area (Å²) in [6.07, 6.45) is -16.3. The zero-order valence-corrected chi connectivity index (χ0v) is 17.5. The molecule has 12 heteroatoms. The molecule has 2 heterocycles. The topological polar surface area (TPSA) is 62.0 Å². The van der Waals surface area contributed by atoms with Crippen LogP contribution in [0, 0.1) is 6.92 Å². The number of rotatable bonds is 4. The minimum atomic E-state index is -5.73. The Kier molecular flexibility index (Phi) is 7.13. The molecule has 2 fully saturated rings. The van der Waals surface area contributed by atoms with E-state index in [2.05, 4.69) is 15.7 Å². The molecule has 1 aromatic carbocycles. The third-order valence-electron chi connectivity index (χ3n) is 5.64. The van der Waals surface area contributed by atoms with Gasteiger partial charge in [0.2, 0.25) is 0 Å². The van der Waals surface area contributed by atoms with Gasteiger partial charge in [-0.1, -0.05) is 12.1 Å². The summed E-state index contributed by atoms with van der Waals surface area (Å²) < 4.78 is 79.6. The van der Waals surface area contributed by atoms with E-state index in [-0.39, 0.29) is 19.1 Å². The third-order valence-corrected chi connectivity index (χ3v) is 5.64. The molecule has 0 bridgehead atoms. The van der Waals surface area contributed by atoms with Crippen molar-refractivity contribution in [2.24, 2.45) is 5.73 Å². The van der Waals surface area contributed by atoms with Gasteiger partial charge in [-0.05, 0) is 30.5 Å². The average Bonchev–Trinajstić information content (AvgIpc) is 3.12. The maximum Gasteiger partial charge on any atom is 0.434 e. The van der Waals surface area contributed by atoms with Crippen LogP contribution in [0.3, 0.4) is 0 Å². The van der Waals surface area contributed by atoms with Gasteiger partial charge < -0.3 is 20.3 Å². The maximum atomic E-state index is 12.6. The van der Waals surface area contributed by atoms with Crippen LogP contribution in [-0.4, -0.2) is 79.7 Å². The first kappa shape index (κ1) is 24.4. The van der Waals surface area contributed by atoms with Crippen molar-refractivity contribution in [3.8, 4) is 0 Å². The second kappa shape index (κ2) is 9.34. The summed E-state index contributed by atoms with van der Waals surface area (Å²) in [6, 6.07) is 6.17. The summed E-state index contributed by atoms with van der Waals surface area (Å²) in [7, 11) is 0. The number of amides is 1. The number of benzene rings is 1. The standard InChI is InChI=1S/C20H26F6N4O2/c1-13-2-3-14(16(10-13)30-5-4-15(27)12-30)11-28-6-8-29(9-7-28)18(31)32-17(19(21,22)23)20(24,25)26/h2-3,10,15,17H,4-9,11-12,27H2,1H3/t15-/m1/s1. The zero-order chi connectivity index (χ0) is 23.7. The predicted octanol–water partition coefficient (Wildman–Crippen LogP) is 3.28. The van der Waals surface area contributed by atoms with E-state index in [1.165, 1.54) is 0 Å². The van der Waals surface area contributed by atoms with Gasteiger partial charge in [-0.2, -0.15) is 26.3 Å². The molecule has 2 aliphatic heterocycles. The molecule has 0 unspecified atom stereocenters. The van der Waals surface area contributed by atoms with Gasteiger partial charge in [-0.15, -0.1) is 0 Å². The van der Waals surface area contributed by atoms with Crippen LogP contribution in [0.2, 0.25) is 0 Å². The second-order valence-electron chi connectivity index (χ2n) is 8.24. The molecule has 1 atom stereocenters. The van der Waals surface area contributed by atoms with Crippen molar-refractivity contribution in [3.05, 3.63) is 29.3 Å². The average molecular weight is 468 g/mol. The number of carbonyl (C=O) groups excluding carboxylic acids is 1. The fraction of sp³-hybridized carbons (Fsp3) is 0.650. The lowest BCUT2D eigenvalue weighted by atomic mass is 10.1. The van der Waals surface area contributed by atoms with Crippen LogP contribution in [-0.2, 0) is 11.3 Å². The first-order chi connectivity index (χ1) is 14.8. The Hall–Kier alpha value is -2.21. The van der Waals surface area contributed by atoms with Gasteiger partial charge in [-0.25, -0.2) is 4.79 Å². The number of nitrogens with two attached hydrogens (primary N) is 1. The number of hydrogen-bond donors (Lipinski definition) is 1. The summed E-state index contributed by atoms with van der Waals surface area (Å²) in [4.78, 5) is 17.0. The van der Waals surface area contributed by atoms with E-state index >= 15 is 0 Å². The molecule has 2 saturated heterocycles. The normalized spacial score (nSPS) is 20.8. The highest BCUT2D eigenvalue weighted by Gasteiger charge is 2.60. The van der Waals surface area contributed by atoms with Crippen LogP contribution in [0.4, 0.5) is 36.8 Å². The highest BCUT2D eigenvalue weighted by Crippen LogP contribution is 2.36. The molecule has 0 aliphatic carbocycles. The molecule has 6 nitrogen and oxygen atoms in total. The molecule has 180 valence electrons. The van der Waals surface area contributed by atoms with E-state index in [1.807, 2.05) is 24.0 Å². The lowest BCUT2D eigenvalue weighted by Crippen LogP contribution is -2.52. The highest BCUT2D eigenvalue weighted by molar-refractivity contribution is 5.68. The molecule has 0 spiro atoms. The lowest BCUT2D eigenvalue weighted by molar-refractivity contribution is -0.308. The molecular formula is C20H26F6N4O2. The SMILES string of the molecule is Cc1ccc(CN2CCN(C(=O)OC(C(F)(F)F)C(F)(F)F)CC2)c(N2CC[C@@H](N)C2)c1. The first-order valence-corrected chi connectivity index (χ1v) is 10.3. The van der Waals surface area contributed by atoms with E-state index in [1.54, 1.807) is 0 Å². The summed E-state index contributed by atoms with van der Waals surface area (Å²) in [5, 5.41) is 0. The van der Waals surface area contributed by atoms with Crippen molar-refractivity contribution in [2.45, 2.75) is 44.4 Å². The first-order valence-electron chi connectivity index (χ1n) is 10.3. The maximum absolute atomic E-state index is 12.6. The van der Waals surface area contributed by atoms with E-state index in [0.717, 1.165) is 41.2 Å². The molecule has 2 N–H and O–H groups in total. The number of aryl methyl sites for hydroxylation is 1. The highest BCUT2D eigenvalue weighted by atomic mass is 19.4. The summed E-state index contributed by atoms with van der Waals surface area (Å²) in [5.41, 5.74) is 9.24.